The van der Waals surface area contributed by atoms with Gasteiger partial charge in [0, 0.05) is 14.2 Å². The molecule has 0 amide bonds. The van der Waals surface area contributed by atoms with E-state index in [9.17, 15) is 0 Å². The van der Waals surface area contributed by atoms with Crippen molar-refractivity contribution in [2.24, 2.45) is 5.73 Å². The second kappa shape index (κ2) is 5.99. The van der Waals surface area contributed by atoms with Crippen molar-refractivity contribution in [3.05, 3.63) is 55.8 Å². The highest BCUT2D eigenvalue weighted by Gasteiger charge is 2.13. The molecule has 94 valence electrons. The lowest BCUT2D eigenvalue weighted by molar-refractivity contribution is 0.412. The summed E-state index contributed by atoms with van der Waals surface area (Å²) in [5.41, 5.74) is 8.29. The minimum atomic E-state index is -0.211. The van der Waals surface area contributed by atoms with Crippen molar-refractivity contribution in [3.8, 4) is 5.75 Å². The number of ether oxygens (including phenoxy) is 1. The average molecular weight is 419 g/mol. The Morgan fingerprint density at radius 2 is 2.11 bits per heavy atom. The van der Waals surface area contributed by atoms with Gasteiger partial charge in [0.2, 0.25) is 0 Å². The van der Waals surface area contributed by atoms with Gasteiger partial charge in [-0.25, -0.2) is 0 Å². The SMILES string of the molecule is COc1cncc(C(N)c2cc(Br)ccc2I)c1. The van der Waals surface area contributed by atoms with E-state index in [-0.39, 0.29) is 6.04 Å². The molecule has 0 aliphatic carbocycles. The van der Waals surface area contributed by atoms with E-state index in [0.29, 0.717) is 5.75 Å². The summed E-state index contributed by atoms with van der Waals surface area (Å²) >= 11 is 5.75. The summed E-state index contributed by atoms with van der Waals surface area (Å²) in [6, 6.07) is 7.77. The van der Waals surface area contributed by atoms with Gasteiger partial charge in [-0.3, -0.25) is 4.98 Å². The van der Waals surface area contributed by atoms with E-state index in [1.807, 2.05) is 24.3 Å². The predicted molar refractivity (Wildman–Crippen MR) is 83.7 cm³/mol. The largest absolute Gasteiger partial charge is 0.495 e. The van der Waals surface area contributed by atoms with Crippen LogP contribution in [-0.4, -0.2) is 12.1 Å². The van der Waals surface area contributed by atoms with Crippen molar-refractivity contribution in [3.63, 3.8) is 0 Å². The first-order valence-electron chi connectivity index (χ1n) is 5.31. The van der Waals surface area contributed by atoms with Crippen molar-refractivity contribution >= 4 is 38.5 Å². The van der Waals surface area contributed by atoms with E-state index >= 15 is 0 Å². The summed E-state index contributed by atoms with van der Waals surface area (Å²) in [7, 11) is 1.62. The third-order valence-electron chi connectivity index (χ3n) is 2.62. The zero-order valence-electron chi connectivity index (χ0n) is 9.73. The van der Waals surface area contributed by atoms with Crippen LogP contribution in [0.5, 0.6) is 5.75 Å². The van der Waals surface area contributed by atoms with E-state index in [1.54, 1.807) is 19.5 Å². The molecule has 0 saturated carbocycles. The minimum absolute atomic E-state index is 0.211. The van der Waals surface area contributed by atoms with E-state index in [0.717, 1.165) is 19.2 Å². The molecule has 1 heterocycles. The van der Waals surface area contributed by atoms with Crippen LogP contribution < -0.4 is 10.5 Å². The first-order chi connectivity index (χ1) is 8.61. The Labute approximate surface area is 128 Å². The Hall–Kier alpha value is -0.660. The minimum Gasteiger partial charge on any atom is -0.495 e. The molecule has 1 atom stereocenters. The summed E-state index contributed by atoms with van der Waals surface area (Å²) < 4.78 is 7.31. The highest BCUT2D eigenvalue weighted by atomic mass is 127. The van der Waals surface area contributed by atoms with Crippen LogP contribution >= 0.6 is 38.5 Å². The second-order valence-electron chi connectivity index (χ2n) is 3.80. The van der Waals surface area contributed by atoms with Crippen LogP contribution in [0, 0.1) is 3.57 Å². The molecule has 0 aliphatic heterocycles. The summed E-state index contributed by atoms with van der Waals surface area (Å²) in [5, 5.41) is 0. The summed E-state index contributed by atoms with van der Waals surface area (Å²) in [5.74, 6) is 0.716. The molecule has 0 radical (unpaired) electrons. The van der Waals surface area contributed by atoms with Crippen molar-refractivity contribution < 1.29 is 4.74 Å². The number of benzene rings is 1. The molecule has 5 heteroatoms. The predicted octanol–water partition coefficient (Wildman–Crippen LogP) is 3.51. The lowest BCUT2D eigenvalue weighted by Gasteiger charge is -2.15. The van der Waals surface area contributed by atoms with Gasteiger partial charge in [0.1, 0.15) is 5.75 Å². The van der Waals surface area contributed by atoms with Crippen LogP contribution in [0.15, 0.2) is 41.1 Å². The fourth-order valence-corrected chi connectivity index (χ4v) is 2.70. The highest BCUT2D eigenvalue weighted by Crippen LogP contribution is 2.28. The summed E-state index contributed by atoms with van der Waals surface area (Å²) in [6.45, 7) is 0. The molecule has 1 aromatic carbocycles. The fraction of sp³-hybridized carbons (Fsp3) is 0.154. The fourth-order valence-electron chi connectivity index (χ4n) is 1.65. The zero-order valence-corrected chi connectivity index (χ0v) is 13.5. The molecule has 18 heavy (non-hydrogen) atoms. The zero-order chi connectivity index (χ0) is 13.1. The smallest absolute Gasteiger partial charge is 0.137 e. The van der Waals surface area contributed by atoms with Gasteiger partial charge in [-0.2, -0.15) is 0 Å². The van der Waals surface area contributed by atoms with Crippen LogP contribution in [0.3, 0.4) is 0 Å². The molecular formula is C13H12BrIN2O. The maximum absolute atomic E-state index is 6.29. The van der Waals surface area contributed by atoms with E-state index < -0.39 is 0 Å². The molecule has 1 aromatic heterocycles. The summed E-state index contributed by atoms with van der Waals surface area (Å²) in [4.78, 5) is 4.13. The van der Waals surface area contributed by atoms with Crippen molar-refractivity contribution in [1.82, 2.24) is 4.98 Å². The van der Waals surface area contributed by atoms with Crippen molar-refractivity contribution in [1.29, 1.82) is 0 Å². The lowest BCUT2D eigenvalue weighted by atomic mass is 10.0. The number of nitrogens with two attached hydrogens (primary N) is 1. The number of hydrogen-bond donors (Lipinski definition) is 1. The normalized spacial score (nSPS) is 12.2. The van der Waals surface area contributed by atoms with Gasteiger partial charge < -0.3 is 10.5 Å². The highest BCUT2D eigenvalue weighted by molar-refractivity contribution is 14.1. The molecule has 0 spiro atoms. The van der Waals surface area contributed by atoms with Crippen molar-refractivity contribution in [2.45, 2.75) is 6.04 Å². The van der Waals surface area contributed by atoms with Crippen molar-refractivity contribution in [2.75, 3.05) is 7.11 Å². The average Bonchev–Trinajstić information content (AvgIpc) is 2.41. The molecule has 2 N–H and O–H groups in total. The molecule has 0 bridgehead atoms. The third kappa shape index (κ3) is 3.02. The van der Waals surface area contributed by atoms with Crippen LogP contribution in [-0.2, 0) is 0 Å². The molecule has 2 rings (SSSR count). The van der Waals surface area contributed by atoms with Crippen LogP contribution in [0.1, 0.15) is 17.2 Å². The van der Waals surface area contributed by atoms with Crippen LogP contribution in [0.4, 0.5) is 0 Å². The molecular weight excluding hydrogens is 407 g/mol. The Morgan fingerprint density at radius 1 is 1.33 bits per heavy atom. The molecule has 0 saturated heterocycles. The Kier molecular flexibility index (Phi) is 4.58. The number of nitrogens with zero attached hydrogens (tertiary/aromatic N) is 1. The quantitative estimate of drug-likeness (QED) is 0.776. The molecule has 2 aromatic rings. The molecule has 1 unspecified atom stereocenters. The lowest BCUT2D eigenvalue weighted by Crippen LogP contribution is -2.13. The van der Waals surface area contributed by atoms with Gasteiger partial charge in [-0.15, -0.1) is 0 Å². The Bertz CT molecular complexity index is 562. The number of methoxy groups -OCH3 is 1. The first-order valence-corrected chi connectivity index (χ1v) is 7.18. The maximum atomic E-state index is 6.29. The van der Waals surface area contributed by atoms with Gasteiger partial charge in [-0.1, -0.05) is 15.9 Å². The van der Waals surface area contributed by atoms with E-state index in [4.69, 9.17) is 10.5 Å². The molecule has 3 nitrogen and oxygen atoms in total. The standard InChI is InChI=1S/C13H12BrIN2O/c1-18-10-4-8(6-17-7-10)13(16)11-5-9(14)2-3-12(11)15/h2-7,13H,16H2,1H3. The van der Waals surface area contributed by atoms with E-state index in [1.165, 1.54) is 0 Å². The van der Waals surface area contributed by atoms with Gasteiger partial charge in [0.15, 0.2) is 0 Å². The summed E-state index contributed by atoms with van der Waals surface area (Å²) in [6.07, 6.45) is 3.44. The first kappa shape index (κ1) is 13.8. The van der Waals surface area contributed by atoms with Crippen LogP contribution in [0.2, 0.25) is 0 Å². The van der Waals surface area contributed by atoms with Gasteiger partial charge in [-0.05, 0) is 58.0 Å². The molecule has 0 aliphatic rings. The van der Waals surface area contributed by atoms with Crippen LogP contribution in [0.25, 0.3) is 0 Å². The Morgan fingerprint density at radius 3 is 2.83 bits per heavy atom. The second-order valence-corrected chi connectivity index (χ2v) is 5.88. The topological polar surface area (TPSA) is 48.1 Å². The number of halogens is 2. The number of pyridine rings is 1. The Balaban J connectivity index is 2.40. The van der Waals surface area contributed by atoms with Gasteiger partial charge in [0.05, 0.1) is 19.3 Å². The molecule has 0 fully saturated rings. The maximum Gasteiger partial charge on any atom is 0.137 e. The monoisotopic (exact) mass is 418 g/mol. The van der Waals surface area contributed by atoms with Gasteiger partial charge >= 0.3 is 0 Å². The number of aromatic nitrogens is 1. The third-order valence-corrected chi connectivity index (χ3v) is 4.10. The number of rotatable bonds is 3. The van der Waals surface area contributed by atoms with Gasteiger partial charge in [0.25, 0.3) is 0 Å². The number of hydrogen-bond acceptors (Lipinski definition) is 3. The van der Waals surface area contributed by atoms with E-state index in [2.05, 4.69) is 43.5 Å².